The van der Waals surface area contributed by atoms with E-state index in [9.17, 15) is 0 Å². The fourth-order valence-corrected chi connectivity index (χ4v) is 0. The van der Waals surface area contributed by atoms with Gasteiger partial charge in [0.1, 0.15) is 0 Å². The third-order valence-corrected chi connectivity index (χ3v) is 0. The van der Waals surface area contributed by atoms with Crippen molar-refractivity contribution < 1.29 is 189 Å². The van der Waals surface area contributed by atoms with Gasteiger partial charge in [0.15, 0.2) is 0 Å². The van der Waals surface area contributed by atoms with Crippen molar-refractivity contribution >= 4 is 0 Å². The summed E-state index contributed by atoms with van der Waals surface area (Å²) >= 11 is 0. The van der Waals surface area contributed by atoms with Crippen LogP contribution < -0.4 is 147 Å². The van der Waals surface area contributed by atoms with E-state index in [1.54, 1.807) is 0 Å². The van der Waals surface area contributed by atoms with E-state index in [0.717, 1.165) is 0 Å². The first-order valence-corrected chi connectivity index (χ1v) is 0. The average molecular weight is 687 g/mol. The number of hydrogen-bond acceptors (Lipinski definition) is 0. The quantitative estimate of drug-likeness (QED) is 0.176. The average Bonchev–Trinajstić information content (AvgIpc) is 0. The number of halogens is 4. The summed E-state index contributed by atoms with van der Waals surface area (Å²) < 4.78 is 0. The molecule has 0 atom stereocenters. The zero-order chi connectivity index (χ0) is 0. The molecule has 0 fully saturated rings. The summed E-state index contributed by atoms with van der Waals surface area (Å²) in [6.45, 7) is 0. The second-order valence-corrected chi connectivity index (χ2v) is 0. The molecule has 0 saturated heterocycles. The molecule has 0 aliphatic heterocycles. The topological polar surface area (TPSA) is 0 Å². The molecule has 6 heteroatoms. The third kappa shape index (κ3) is 22.5. The molecule has 0 nitrogen and oxygen atoms in total. The van der Waals surface area contributed by atoms with E-state index in [-0.39, 0.29) is 189 Å². The molecule has 0 unspecified atom stereocenters. The van der Waals surface area contributed by atoms with Gasteiger partial charge in [-0.3, -0.25) is 0 Å². The van der Waals surface area contributed by atoms with Crippen molar-refractivity contribution in [3.05, 3.63) is 0 Å². The molecular formula is CeI4K. The zero-order valence-corrected chi connectivity index (χ0v) is 17.9. The van der Waals surface area contributed by atoms with Gasteiger partial charge in [0, 0.05) is 0 Å². The van der Waals surface area contributed by atoms with E-state index in [4.69, 9.17) is 0 Å². The van der Waals surface area contributed by atoms with E-state index in [1.165, 1.54) is 0 Å². The van der Waals surface area contributed by atoms with Crippen molar-refractivity contribution in [3.63, 3.8) is 0 Å². The molecule has 0 aromatic carbocycles. The molecule has 0 aromatic heterocycles. The van der Waals surface area contributed by atoms with Crippen LogP contribution in [0.2, 0.25) is 0 Å². The van der Waals surface area contributed by atoms with E-state index in [0.29, 0.717) is 0 Å². The molecule has 0 aliphatic rings. The van der Waals surface area contributed by atoms with Crippen LogP contribution in [0.5, 0.6) is 0 Å². The van der Waals surface area contributed by atoms with Crippen LogP contribution in [0.15, 0.2) is 0 Å². The maximum atomic E-state index is 0. The molecule has 0 saturated carbocycles. The standard InChI is InChI=1S/Ce.4HI.K/h;4*1H;/q+3;;;;;+1/p-4. The summed E-state index contributed by atoms with van der Waals surface area (Å²) in [5, 5.41) is 0. The van der Waals surface area contributed by atoms with Gasteiger partial charge < -0.3 is 95.9 Å². The second kappa shape index (κ2) is 30.6. The summed E-state index contributed by atoms with van der Waals surface area (Å²) in [5.74, 6) is 0. The van der Waals surface area contributed by atoms with Crippen LogP contribution in [0.25, 0.3) is 0 Å². The van der Waals surface area contributed by atoms with Crippen molar-refractivity contribution in [2.75, 3.05) is 0 Å². The van der Waals surface area contributed by atoms with Crippen LogP contribution in [0.1, 0.15) is 0 Å². The minimum absolute atomic E-state index is 0. The molecule has 0 heterocycles. The monoisotopic (exact) mass is 686 g/mol. The predicted octanol–water partition coefficient (Wildman–Crippen LogP) is -15.0. The maximum Gasteiger partial charge on any atom is 3.00 e. The Morgan fingerprint density at radius 1 is 0.500 bits per heavy atom. The Hall–Kier alpha value is 5.93. The smallest absolute Gasteiger partial charge is 1.00 e. The van der Waals surface area contributed by atoms with E-state index in [1.807, 2.05) is 0 Å². The normalized spacial score (nSPS) is 0. The van der Waals surface area contributed by atoms with E-state index in [2.05, 4.69) is 0 Å². The SMILES string of the molecule is [Ce+3].[I-].[I-].[I-].[I-].[K+]. The van der Waals surface area contributed by atoms with Gasteiger partial charge in [-0.25, -0.2) is 0 Å². The summed E-state index contributed by atoms with van der Waals surface area (Å²) in [6, 6.07) is 0. The minimum Gasteiger partial charge on any atom is -1.00 e. The first kappa shape index (κ1) is 40.5. The number of rotatable bonds is 0. The van der Waals surface area contributed by atoms with Crippen LogP contribution in [-0.2, 0) is 0 Å². The summed E-state index contributed by atoms with van der Waals surface area (Å²) in [7, 11) is 0. The zero-order valence-electron chi connectivity index (χ0n) is 3.01. The van der Waals surface area contributed by atoms with Crippen LogP contribution in [0.3, 0.4) is 0 Å². The maximum absolute atomic E-state index is 0. The molecule has 6 heavy (non-hydrogen) atoms. The van der Waals surface area contributed by atoms with Gasteiger partial charge in [-0.15, -0.1) is 0 Å². The first-order valence-electron chi connectivity index (χ1n) is 0. The van der Waals surface area contributed by atoms with Gasteiger partial charge in [0.05, 0.1) is 0 Å². The third-order valence-electron chi connectivity index (χ3n) is 0. The van der Waals surface area contributed by atoms with Crippen LogP contribution >= 0.6 is 0 Å². The summed E-state index contributed by atoms with van der Waals surface area (Å²) in [6.07, 6.45) is 0. The molecule has 33 valence electrons. The Kier molecular flexibility index (Phi) is 207. The van der Waals surface area contributed by atoms with Gasteiger partial charge in [-0.2, -0.15) is 0 Å². The van der Waals surface area contributed by atoms with Crippen LogP contribution in [0, 0.1) is 41.7 Å². The Morgan fingerprint density at radius 2 is 0.500 bits per heavy atom. The van der Waals surface area contributed by atoms with Crippen LogP contribution in [0.4, 0.5) is 0 Å². The molecule has 1 radical (unpaired) electrons. The summed E-state index contributed by atoms with van der Waals surface area (Å²) in [5.41, 5.74) is 0. The van der Waals surface area contributed by atoms with Gasteiger partial charge >= 0.3 is 93.1 Å². The Morgan fingerprint density at radius 3 is 0.500 bits per heavy atom. The molecule has 0 bridgehead atoms. The molecule has 0 spiro atoms. The Labute approximate surface area is 183 Å². The molecule has 0 aliphatic carbocycles. The fraction of sp³-hybridized carbons (Fsp3) is 0. The van der Waals surface area contributed by atoms with Crippen LogP contribution in [-0.4, -0.2) is 0 Å². The Bertz CT molecular complexity index is 7.51. The van der Waals surface area contributed by atoms with Crippen molar-refractivity contribution in [2.45, 2.75) is 0 Å². The molecule has 0 rings (SSSR count). The van der Waals surface area contributed by atoms with E-state index < -0.39 is 0 Å². The van der Waals surface area contributed by atoms with Crippen molar-refractivity contribution in [1.82, 2.24) is 0 Å². The van der Waals surface area contributed by atoms with Gasteiger partial charge in [-0.1, -0.05) is 0 Å². The van der Waals surface area contributed by atoms with Gasteiger partial charge in [-0.05, 0) is 0 Å². The van der Waals surface area contributed by atoms with Crippen molar-refractivity contribution in [2.24, 2.45) is 0 Å². The molecule has 0 N–H and O–H groups in total. The molecular weight excluding hydrogens is 687 g/mol. The largest absolute Gasteiger partial charge is 3.00 e. The Balaban J connectivity index is 0. The van der Waals surface area contributed by atoms with Gasteiger partial charge in [0.2, 0.25) is 0 Å². The summed E-state index contributed by atoms with van der Waals surface area (Å²) in [4.78, 5) is 0. The fourth-order valence-electron chi connectivity index (χ4n) is 0. The minimum atomic E-state index is 0. The predicted molar refractivity (Wildman–Crippen MR) is 0 cm³/mol. The molecule has 0 amide bonds. The van der Waals surface area contributed by atoms with E-state index >= 15 is 0 Å². The molecule has 0 aromatic rings. The number of hydrogen-bond donors (Lipinski definition) is 0. The van der Waals surface area contributed by atoms with Gasteiger partial charge in [0.25, 0.3) is 0 Å². The van der Waals surface area contributed by atoms with Crippen molar-refractivity contribution in [1.29, 1.82) is 0 Å². The second-order valence-electron chi connectivity index (χ2n) is 0. The van der Waals surface area contributed by atoms with Crippen molar-refractivity contribution in [3.8, 4) is 0 Å². The first-order chi connectivity index (χ1) is 0.